The number of rotatable bonds is 5. The summed E-state index contributed by atoms with van der Waals surface area (Å²) in [4.78, 5) is 28.5. The molecule has 0 bridgehead atoms. The zero-order valence-electron chi connectivity index (χ0n) is 15.6. The third kappa shape index (κ3) is 4.07. The third-order valence-corrected chi connectivity index (χ3v) is 5.13. The fourth-order valence-corrected chi connectivity index (χ4v) is 3.56. The highest BCUT2D eigenvalue weighted by Gasteiger charge is 2.23. The minimum atomic E-state index is -0.0649. The number of nitrogens with one attached hydrogen (secondary N) is 1. The molecular formula is C22H23N3O3. The molecule has 3 aromatic rings. The maximum atomic E-state index is 12.5. The van der Waals surface area contributed by atoms with Gasteiger partial charge in [-0.1, -0.05) is 42.5 Å². The van der Waals surface area contributed by atoms with Gasteiger partial charge in [0.25, 0.3) is 0 Å². The third-order valence-electron chi connectivity index (χ3n) is 5.13. The van der Waals surface area contributed by atoms with Crippen LogP contribution >= 0.6 is 0 Å². The van der Waals surface area contributed by atoms with Gasteiger partial charge in [0.2, 0.25) is 5.78 Å². The molecule has 6 heteroatoms. The zero-order chi connectivity index (χ0) is 19.3. The van der Waals surface area contributed by atoms with E-state index in [1.807, 2.05) is 24.3 Å². The number of hydrogen-bond donors (Lipinski definition) is 1. The van der Waals surface area contributed by atoms with Crippen molar-refractivity contribution in [1.29, 1.82) is 0 Å². The molecule has 1 saturated heterocycles. The van der Waals surface area contributed by atoms with Crippen molar-refractivity contribution in [2.45, 2.75) is 6.54 Å². The second-order valence-electron chi connectivity index (χ2n) is 6.96. The minimum absolute atomic E-state index is 0.0288. The van der Waals surface area contributed by atoms with Gasteiger partial charge in [-0.25, -0.2) is 4.79 Å². The van der Waals surface area contributed by atoms with E-state index in [4.69, 9.17) is 4.42 Å². The average molecular weight is 377 g/mol. The monoisotopic (exact) mass is 377 g/mol. The average Bonchev–Trinajstić information content (AvgIpc) is 3.27. The molecule has 1 aromatic heterocycles. The predicted molar refractivity (Wildman–Crippen MR) is 107 cm³/mol. The van der Waals surface area contributed by atoms with Crippen LogP contribution in [0, 0.1) is 0 Å². The van der Waals surface area contributed by atoms with E-state index in [-0.39, 0.29) is 11.8 Å². The van der Waals surface area contributed by atoms with E-state index in [2.05, 4.69) is 28.4 Å². The highest BCUT2D eigenvalue weighted by Crippen LogP contribution is 2.18. The van der Waals surface area contributed by atoms with Crippen LogP contribution in [0.2, 0.25) is 0 Å². The lowest BCUT2D eigenvalue weighted by Gasteiger charge is -2.34. The lowest BCUT2D eigenvalue weighted by Crippen LogP contribution is -2.52. The molecule has 1 fully saturated rings. The molecule has 0 unspecified atom stereocenters. The standard InChI is InChI=1S/C22H23N3O3/c26-20(21-9-4-14-28-21)16-24-10-12-25(13-11-24)22(27)23-15-18-7-3-6-17-5-1-2-8-19(17)18/h1-9,14H,10-13,15-16H2,(H,23,27). The molecule has 28 heavy (non-hydrogen) atoms. The molecule has 4 rings (SSSR count). The highest BCUT2D eigenvalue weighted by molar-refractivity contribution is 5.95. The number of carbonyl (C=O) groups is 2. The number of fused-ring (bicyclic) bond motifs is 1. The molecule has 2 aromatic carbocycles. The van der Waals surface area contributed by atoms with Crippen LogP contribution in [0.25, 0.3) is 10.8 Å². The van der Waals surface area contributed by atoms with Crippen molar-refractivity contribution in [3.8, 4) is 0 Å². The van der Waals surface area contributed by atoms with E-state index in [9.17, 15) is 9.59 Å². The molecule has 0 atom stereocenters. The van der Waals surface area contributed by atoms with Gasteiger partial charge in [-0.15, -0.1) is 0 Å². The predicted octanol–water partition coefficient (Wildman–Crippen LogP) is 3.14. The smallest absolute Gasteiger partial charge is 0.317 e. The molecule has 1 N–H and O–H groups in total. The van der Waals surface area contributed by atoms with Crippen LogP contribution in [0.3, 0.4) is 0 Å². The first-order valence-corrected chi connectivity index (χ1v) is 9.49. The van der Waals surface area contributed by atoms with Crippen LogP contribution in [0.4, 0.5) is 4.79 Å². The maximum Gasteiger partial charge on any atom is 0.317 e. The summed E-state index contributed by atoms with van der Waals surface area (Å²) in [6.45, 7) is 3.37. The molecule has 1 aliphatic heterocycles. The number of amides is 2. The Kier molecular flexibility index (Phi) is 5.39. The van der Waals surface area contributed by atoms with Crippen LogP contribution in [0.5, 0.6) is 0 Å². The molecule has 144 valence electrons. The summed E-state index contributed by atoms with van der Waals surface area (Å²) >= 11 is 0. The van der Waals surface area contributed by atoms with Gasteiger partial charge in [-0.3, -0.25) is 9.69 Å². The number of urea groups is 1. The first kappa shape index (κ1) is 18.3. The molecule has 0 radical (unpaired) electrons. The Bertz CT molecular complexity index is 955. The molecule has 0 saturated carbocycles. The van der Waals surface area contributed by atoms with Gasteiger partial charge in [-0.05, 0) is 28.5 Å². The van der Waals surface area contributed by atoms with Gasteiger partial charge in [0.15, 0.2) is 5.76 Å². The lowest BCUT2D eigenvalue weighted by molar-refractivity contribution is 0.0852. The van der Waals surface area contributed by atoms with Gasteiger partial charge in [0.05, 0.1) is 12.8 Å². The number of furan rings is 1. The van der Waals surface area contributed by atoms with Crippen LogP contribution in [-0.2, 0) is 6.54 Å². The second-order valence-corrected chi connectivity index (χ2v) is 6.96. The summed E-state index contributed by atoms with van der Waals surface area (Å²) in [6.07, 6.45) is 1.51. The van der Waals surface area contributed by atoms with Crippen molar-refractivity contribution in [3.05, 3.63) is 72.2 Å². The first-order chi connectivity index (χ1) is 13.7. The van der Waals surface area contributed by atoms with E-state index < -0.39 is 0 Å². The lowest BCUT2D eigenvalue weighted by atomic mass is 10.0. The van der Waals surface area contributed by atoms with Crippen molar-refractivity contribution in [2.75, 3.05) is 32.7 Å². The van der Waals surface area contributed by atoms with Crippen LogP contribution in [0.1, 0.15) is 16.1 Å². The van der Waals surface area contributed by atoms with E-state index in [0.717, 1.165) is 10.9 Å². The summed E-state index contributed by atoms with van der Waals surface area (Å²) in [6, 6.07) is 17.6. The van der Waals surface area contributed by atoms with E-state index in [1.165, 1.54) is 11.6 Å². The van der Waals surface area contributed by atoms with Gasteiger partial charge in [-0.2, -0.15) is 0 Å². The summed E-state index contributed by atoms with van der Waals surface area (Å²) < 4.78 is 5.15. The molecule has 2 heterocycles. The summed E-state index contributed by atoms with van der Waals surface area (Å²) in [7, 11) is 0. The Morgan fingerprint density at radius 1 is 0.929 bits per heavy atom. The number of piperazine rings is 1. The fourth-order valence-electron chi connectivity index (χ4n) is 3.56. The van der Waals surface area contributed by atoms with E-state index >= 15 is 0 Å². The highest BCUT2D eigenvalue weighted by atomic mass is 16.3. The number of carbonyl (C=O) groups excluding carboxylic acids is 2. The van der Waals surface area contributed by atoms with Crippen molar-refractivity contribution in [2.24, 2.45) is 0 Å². The van der Waals surface area contributed by atoms with Crippen LogP contribution < -0.4 is 5.32 Å². The van der Waals surface area contributed by atoms with Crippen molar-refractivity contribution >= 4 is 22.6 Å². The summed E-state index contributed by atoms with van der Waals surface area (Å²) in [5, 5.41) is 5.35. The maximum absolute atomic E-state index is 12.5. The minimum Gasteiger partial charge on any atom is -0.461 e. The Balaban J connectivity index is 1.28. The first-order valence-electron chi connectivity index (χ1n) is 9.49. The Hall–Kier alpha value is -3.12. The molecule has 0 aliphatic carbocycles. The number of nitrogens with zero attached hydrogens (tertiary/aromatic N) is 2. The van der Waals surface area contributed by atoms with Gasteiger partial charge >= 0.3 is 6.03 Å². The quantitative estimate of drug-likeness (QED) is 0.694. The summed E-state index contributed by atoms with van der Waals surface area (Å²) in [5.41, 5.74) is 1.11. The Morgan fingerprint density at radius 3 is 2.50 bits per heavy atom. The van der Waals surface area contributed by atoms with E-state index in [1.54, 1.807) is 17.0 Å². The molecule has 6 nitrogen and oxygen atoms in total. The molecule has 2 amide bonds. The van der Waals surface area contributed by atoms with E-state index in [0.29, 0.717) is 45.0 Å². The van der Waals surface area contributed by atoms with Gasteiger partial charge in [0, 0.05) is 32.7 Å². The zero-order valence-corrected chi connectivity index (χ0v) is 15.6. The van der Waals surface area contributed by atoms with Crippen LogP contribution in [-0.4, -0.2) is 54.3 Å². The van der Waals surface area contributed by atoms with Crippen molar-refractivity contribution in [1.82, 2.24) is 15.1 Å². The SMILES string of the molecule is O=C(CN1CCN(C(=O)NCc2cccc3ccccc23)CC1)c1ccco1. The number of benzene rings is 2. The van der Waals surface area contributed by atoms with Crippen molar-refractivity contribution < 1.29 is 14.0 Å². The molecule has 1 aliphatic rings. The van der Waals surface area contributed by atoms with Crippen LogP contribution in [0.15, 0.2) is 65.3 Å². The number of ketones is 1. The topological polar surface area (TPSA) is 65.8 Å². The largest absolute Gasteiger partial charge is 0.461 e. The van der Waals surface area contributed by atoms with Crippen molar-refractivity contribution in [3.63, 3.8) is 0 Å². The normalized spacial score (nSPS) is 14.9. The Morgan fingerprint density at radius 2 is 1.71 bits per heavy atom. The fraction of sp³-hybridized carbons (Fsp3) is 0.273. The summed E-state index contributed by atoms with van der Waals surface area (Å²) in [5.74, 6) is 0.356. The molecule has 0 spiro atoms. The van der Waals surface area contributed by atoms with Gasteiger partial charge < -0.3 is 14.6 Å². The molecular weight excluding hydrogens is 354 g/mol. The second kappa shape index (κ2) is 8.27. The number of hydrogen-bond acceptors (Lipinski definition) is 4. The Labute approximate surface area is 163 Å². The number of Topliss-reactive ketones (excluding diaryl/α,β-unsaturated/α-hetero) is 1. The van der Waals surface area contributed by atoms with Gasteiger partial charge in [0.1, 0.15) is 0 Å².